The quantitative estimate of drug-likeness (QED) is 0.921. The molecule has 1 aliphatic carbocycles. The molecule has 1 aromatic heterocycles. The van der Waals surface area contributed by atoms with E-state index in [2.05, 4.69) is 42.6 Å². The predicted octanol–water partition coefficient (Wildman–Crippen LogP) is 4.10. The zero-order valence-corrected chi connectivity index (χ0v) is 13.2. The molecule has 0 saturated carbocycles. The van der Waals surface area contributed by atoms with Crippen molar-refractivity contribution in [3.05, 3.63) is 51.2 Å². The van der Waals surface area contributed by atoms with Gasteiger partial charge in [0.2, 0.25) is 0 Å². The van der Waals surface area contributed by atoms with Gasteiger partial charge in [0, 0.05) is 33.8 Å². The number of thiophene rings is 1. The first-order valence-electron chi connectivity index (χ1n) is 7.87. The van der Waals surface area contributed by atoms with E-state index in [4.69, 9.17) is 4.74 Å². The van der Waals surface area contributed by atoms with Gasteiger partial charge >= 0.3 is 0 Å². The molecule has 1 aliphatic heterocycles. The van der Waals surface area contributed by atoms with Crippen LogP contribution in [0.3, 0.4) is 0 Å². The Morgan fingerprint density at radius 1 is 1.29 bits per heavy atom. The van der Waals surface area contributed by atoms with E-state index in [0.717, 1.165) is 18.9 Å². The Hall–Kier alpha value is -1.32. The lowest BCUT2D eigenvalue weighted by Crippen LogP contribution is -2.33. The van der Waals surface area contributed by atoms with Crippen LogP contribution in [0.25, 0.3) is 0 Å². The molecule has 2 aromatic rings. The summed E-state index contributed by atoms with van der Waals surface area (Å²) in [5.41, 5.74) is 2.90. The Kier molecular flexibility index (Phi) is 3.48. The minimum atomic E-state index is 0.395. The summed E-state index contributed by atoms with van der Waals surface area (Å²) in [6.07, 6.45) is 3.91. The maximum Gasteiger partial charge on any atom is 0.124 e. The third-order valence-electron chi connectivity index (χ3n) is 4.62. The zero-order chi connectivity index (χ0) is 14.2. The van der Waals surface area contributed by atoms with Crippen LogP contribution in [0, 0.1) is 5.92 Å². The minimum absolute atomic E-state index is 0.395. The molecule has 0 amide bonds. The normalized spacial score (nSPS) is 23.5. The second-order valence-corrected chi connectivity index (χ2v) is 7.42. The Morgan fingerprint density at radius 2 is 2.19 bits per heavy atom. The fourth-order valence-electron chi connectivity index (χ4n) is 3.49. The molecular weight excluding hydrogens is 278 g/mol. The lowest BCUT2D eigenvalue weighted by molar-refractivity contribution is 0.188. The molecule has 0 spiro atoms. The molecule has 0 saturated heterocycles. The van der Waals surface area contributed by atoms with Gasteiger partial charge in [-0.3, -0.25) is 0 Å². The number of para-hydroxylation sites is 1. The number of benzene rings is 1. The van der Waals surface area contributed by atoms with Crippen LogP contribution < -0.4 is 10.1 Å². The highest BCUT2D eigenvalue weighted by molar-refractivity contribution is 7.12. The molecule has 4 rings (SSSR count). The first-order valence-corrected chi connectivity index (χ1v) is 8.68. The second kappa shape index (κ2) is 5.47. The summed E-state index contributed by atoms with van der Waals surface area (Å²) in [5.74, 6) is 1.55. The molecule has 3 heteroatoms. The van der Waals surface area contributed by atoms with Crippen LogP contribution in [-0.2, 0) is 19.4 Å². The van der Waals surface area contributed by atoms with Crippen LogP contribution in [0.5, 0.6) is 5.75 Å². The fraction of sp³-hybridized carbons (Fsp3) is 0.444. The van der Waals surface area contributed by atoms with Gasteiger partial charge in [0.05, 0.1) is 6.61 Å². The maximum atomic E-state index is 5.83. The number of ether oxygens (including phenoxy) is 1. The van der Waals surface area contributed by atoms with Crippen LogP contribution in [0.2, 0.25) is 0 Å². The highest BCUT2D eigenvalue weighted by Gasteiger charge is 2.27. The maximum absolute atomic E-state index is 5.83. The largest absolute Gasteiger partial charge is 0.493 e. The monoisotopic (exact) mass is 299 g/mol. The van der Waals surface area contributed by atoms with E-state index in [0.29, 0.717) is 12.0 Å². The van der Waals surface area contributed by atoms with Crippen molar-refractivity contribution < 1.29 is 4.74 Å². The highest BCUT2D eigenvalue weighted by atomic mass is 32.1. The standard InChI is InChI=1S/C18H21NOS/c1-12-11-20-16-7-3-2-6-15(16)18(12)19-10-14-9-13-5-4-8-17(13)21-14/h2-3,6-7,9,12,18-19H,4-5,8,10-11H2,1H3. The van der Waals surface area contributed by atoms with E-state index in [-0.39, 0.29) is 0 Å². The van der Waals surface area contributed by atoms with Crippen molar-refractivity contribution >= 4 is 11.3 Å². The third kappa shape index (κ3) is 2.49. The van der Waals surface area contributed by atoms with Gasteiger partial charge in [0.1, 0.15) is 5.75 Å². The summed E-state index contributed by atoms with van der Waals surface area (Å²) in [5, 5.41) is 3.76. The lowest BCUT2D eigenvalue weighted by atomic mass is 9.92. The van der Waals surface area contributed by atoms with Gasteiger partial charge in [0.25, 0.3) is 0 Å². The molecule has 21 heavy (non-hydrogen) atoms. The molecule has 2 nitrogen and oxygen atoms in total. The van der Waals surface area contributed by atoms with Gasteiger partial charge in [-0.25, -0.2) is 0 Å². The smallest absolute Gasteiger partial charge is 0.124 e. The molecule has 2 unspecified atom stereocenters. The molecule has 2 atom stereocenters. The van der Waals surface area contributed by atoms with Gasteiger partial charge in [-0.05, 0) is 37.0 Å². The Morgan fingerprint density at radius 3 is 3.10 bits per heavy atom. The topological polar surface area (TPSA) is 21.3 Å². The summed E-state index contributed by atoms with van der Waals surface area (Å²) in [4.78, 5) is 3.10. The van der Waals surface area contributed by atoms with E-state index in [1.807, 2.05) is 11.3 Å². The van der Waals surface area contributed by atoms with Crippen LogP contribution in [0.4, 0.5) is 0 Å². The average molecular weight is 299 g/mol. The Labute approximate surface area is 130 Å². The van der Waals surface area contributed by atoms with Crippen LogP contribution >= 0.6 is 11.3 Å². The number of rotatable bonds is 3. The summed E-state index contributed by atoms with van der Waals surface area (Å²) >= 11 is 2.00. The molecule has 0 radical (unpaired) electrons. The van der Waals surface area contributed by atoms with Gasteiger partial charge in [-0.15, -0.1) is 11.3 Å². The van der Waals surface area contributed by atoms with E-state index in [1.54, 1.807) is 10.4 Å². The molecular formula is C18H21NOS. The van der Waals surface area contributed by atoms with Gasteiger partial charge in [-0.1, -0.05) is 25.1 Å². The molecule has 110 valence electrons. The zero-order valence-electron chi connectivity index (χ0n) is 12.4. The van der Waals surface area contributed by atoms with Crippen LogP contribution in [-0.4, -0.2) is 6.61 Å². The number of aryl methyl sites for hydroxylation is 2. The van der Waals surface area contributed by atoms with Crippen molar-refractivity contribution in [1.82, 2.24) is 5.32 Å². The second-order valence-electron chi connectivity index (χ2n) is 6.20. The van der Waals surface area contributed by atoms with Crippen molar-refractivity contribution in [2.24, 2.45) is 5.92 Å². The molecule has 2 heterocycles. The Balaban J connectivity index is 1.51. The average Bonchev–Trinajstić information content (AvgIpc) is 3.07. The molecule has 0 bridgehead atoms. The van der Waals surface area contributed by atoms with Crippen LogP contribution in [0.15, 0.2) is 30.3 Å². The molecule has 1 N–H and O–H groups in total. The first-order chi connectivity index (χ1) is 10.3. The summed E-state index contributed by atoms with van der Waals surface area (Å²) < 4.78 is 5.83. The van der Waals surface area contributed by atoms with E-state index < -0.39 is 0 Å². The number of nitrogens with one attached hydrogen (secondary N) is 1. The number of fused-ring (bicyclic) bond motifs is 2. The molecule has 1 aromatic carbocycles. The van der Waals surface area contributed by atoms with E-state index >= 15 is 0 Å². The van der Waals surface area contributed by atoms with Crippen molar-refractivity contribution in [1.29, 1.82) is 0 Å². The van der Waals surface area contributed by atoms with Gasteiger partial charge < -0.3 is 10.1 Å². The minimum Gasteiger partial charge on any atom is -0.493 e. The molecule has 0 fully saturated rings. The van der Waals surface area contributed by atoms with Crippen LogP contribution in [0.1, 0.15) is 40.3 Å². The van der Waals surface area contributed by atoms with Crippen molar-refractivity contribution in [3.8, 4) is 5.75 Å². The third-order valence-corrected chi connectivity index (χ3v) is 5.86. The first kappa shape index (κ1) is 13.4. The summed E-state index contributed by atoms with van der Waals surface area (Å²) in [6, 6.07) is 11.2. The van der Waals surface area contributed by atoms with Crippen molar-refractivity contribution in [2.75, 3.05) is 6.61 Å². The molecule has 2 aliphatic rings. The Bertz CT molecular complexity index is 627. The number of hydrogen-bond donors (Lipinski definition) is 1. The fourth-order valence-corrected chi connectivity index (χ4v) is 4.70. The number of hydrogen-bond acceptors (Lipinski definition) is 3. The van der Waals surface area contributed by atoms with E-state index in [1.165, 1.54) is 29.7 Å². The van der Waals surface area contributed by atoms with Gasteiger partial charge in [-0.2, -0.15) is 0 Å². The summed E-state index contributed by atoms with van der Waals surface area (Å²) in [7, 11) is 0. The van der Waals surface area contributed by atoms with Crippen molar-refractivity contribution in [2.45, 2.75) is 38.8 Å². The lowest BCUT2D eigenvalue weighted by Gasteiger charge is -2.32. The highest BCUT2D eigenvalue weighted by Crippen LogP contribution is 2.36. The van der Waals surface area contributed by atoms with E-state index in [9.17, 15) is 0 Å². The summed E-state index contributed by atoms with van der Waals surface area (Å²) in [6.45, 7) is 4.04. The SMILES string of the molecule is CC1COc2ccccc2C1NCc1cc2c(s1)CCC2. The van der Waals surface area contributed by atoms with Crippen molar-refractivity contribution in [3.63, 3.8) is 0 Å². The van der Waals surface area contributed by atoms with Gasteiger partial charge in [0.15, 0.2) is 0 Å². The predicted molar refractivity (Wildman–Crippen MR) is 87.0 cm³/mol.